The quantitative estimate of drug-likeness (QED) is 0.446. The minimum atomic E-state index is 0.0467. The summed E-state index contributed by atoms with van der Waals surface area (Å²) in [6.07, 6.45) is 0. The highest BCUT2D eigenvalue weighted by Crippen LogP contribution is 2.24. The molecule has 1 aliphatic heterocycles. The van der Waals surface area contributed by atoms with Crippen LogP contribution in [0.25, 0.3) is 0 Å². The van der Waals surface area contributed by atoms with Gasteiger partial charge in [0, 0.05) is 43.3 Å². The summed E-state index contributed by atoms with van der Waals surface area (Å²) in [5.41, 5.74) is 2.75. The first-order valence-electron chi connectivity index (χ1n) is 11.3. The highest BCUT2D eigenvalue weighted by Gasteiger charge is 2.20. The molecule has 0 N–H and O–H groups in total. The molecule has 0 unspecified atom stereocenters. The molecule has 0 spiro atoms. The third-order valence-corrected chi connectivity index (χ3v) is 6.03. The SMILES string of the molecule is Cc1ccccc1C(=O)N(CCN1CCOCC1)Cc1cccc(Oc2ccc(Cl)cc2)c1. The normalized spacial score (nSPS) is 14.1. The van der Waals surface area contributed by atoms with Crippen LogP contribution in [0, 0.1) is 6.92 Å². The molecule has 0 atom stereocenters. The Morgan fingerprint density at radius 1 is 1.00 bits per heavy atom. The molecular weight excluding hydrogens is 436 g/mol. The summed E-state index contributed by atoms with van der Waals surface area (Å²) in [6, 6.07) is 22.9. The van der Waals surface area contributed by atoms with E-state index in [0.717, 1.165) is 61.0 Å². The molecule has 1 heterocycles. The van der Waals surface area contributed by atoms with E-state index in [0.29, 0.717) is 18.1 Å². The van der Waals surface area contributed by atoms with Crippen molar-refractivity contribution in [2.45, 2.75) is 13.5 Å². The molecule has 1 aliphatic rings. The van der Waals surface area contributed by atoms with E-state index in [1.165, 1.54) is 0 Å². The molecule has 0 aromatic heterocycles. The number of aryl methyl sites for hydroxylation is 1. The van der Waals surface area contributed by atoms with Gasteiger partial charge in [0.05, 0.1) is 13.2 Å². The molecule has 1 fully saturated rings. The molecule has 5 nitrogen and oxygen atoms in total. The van der Waals surface area contributed by atoms with Gasteiger partial charge in [-0.3, -0.25) is 9.69 Å². The number of hydrogen-bond donors (Lipinski definition) is 0. The van der Waals surface area contributed by atoms with E-state index in [2.05, 4.69) is 4.90 Å². The number of hydrogen-bond acceptors (Lipinski definition) is 4. The fourth-order valence-corrected chi connectivity index (χ4v) is 4.01. The number of halogens is 1. The molecule has 172 valence electrons. The molecule has 4 rings (SSSR count). The van der Waals surface area contributed by atoms with Crippen molar-refractivity contribution in [3.63, 3.8) is 0 Å². The lowest BCUT2D eigenvalue weighted by molar-refractivity contribution is 0.0320. The molecule has 33 heavy (non-hydrogen) atoms. The van der Waals surface area contributed by atoms with E-state index < -0.39 is 0 Å². The number of carbonyl (C=O) groups excluding carboxylic acids is 1. The van der Waals surface area contributed by atoms with Crippen LogP contribution in [0.4, 0.5) is 0 Å². The minimum Gasteiger partial charge on any atom is -0.457 e. The molecule has 0 radical (unpaired) electrons. The van der Waals surface area contributed by atoms with E-state index in [-0.39, 0.29) is 5.91 Å². The van der Waals surface area contributed by atoms with Crippen LogP contribution in [0.3, 0.4) is 0 Å². The maximum atomic E-state index is 13.5. The summed E-state index contributed by atoms with van der Waals surface area (Å²) in [6.45, 7) is 7.25. The number of ether oxygens (including phenoxy) is 2. The summed E-state index contributed by atoms with van der Waals surface area (Å²) in [4.78, 5) is 17.8. The van der Waals surface area contributed by atoms with Gasteiger partial charge in [0.1, 0.15) is 11.5 Å². The molecule has 3 aromatic rings. The van der Waals surface area contributed by atoms with E-state index in [9.17, 15) is 4.79 Å². The van der Waals surface area contributed by atoms with Crippen molar-refractivity contribution in [1.82, 2.24) is 9.80 Å². The van der Waals surface area contributed by atoms with Gasteiger partial charge in [0.15, 0.2) is 0 Å². The average molecular weight is 465 g/mol. The van der Waals surface area contributed by atoms with Crippen LogP contribution < -0.4 is 4.74 Å². The van der Waals surface area contributed by atoms with E-state index >= 15 is 0 Å². The van der Waals surface area contributed by atoms with Crippen molar-refractivity contribution in [1.29, 1.82) is 0 Å². The first-order valence-corrected chi connectivity index (χ1v) is 11.6. The summed E-state index contributed by atoms with van der Waals surface area (Å²) < 4.78 is 11.5. The number of amides is 1. The van der Waals surface area contributed by atoms with Gasteiger partial charge >= 0.3 is 0 Å². The number of benzene rings is 3. The van der Waals surface area contributed by atoms with Crippen LogP contribution in [0.1, 0.15) is 21.5 Å². The molecule has 0 aliphatic carbocycles. The molecule has 0 saturated carbocycles. The Labute approximate surface area is 200 Å². The molecule has 0 bridgehead atoms. The predicted octanol–water partition coefficient (Wildman–Crippen LogP) is 5.42. The van der Waals surface area contributed by atoms with Crippen LogP contribution in [0.5, 0.6) is 11.5 Å². The van der Waals surface area contributed by atoms with Gasteiger partial charge < -0.3 is 14.4 Å². The van der Waals surface area contributed by atoms with Crippen LogP contribution in [0.2, 0.25) is 5.02 Å². The van der Waals surface area contributed by atoms with Crippen LogP contribution in [-0.2, 0) is 11.3 Å². The zero-order valence-electron chi connectivity index (χ0n) is 18.9. The molecular formula is C27H29ClN2O3. The Balaban J connectivity index is 1.50. The minimum absolute atomic E-state index is 0.0467. The molecule has 3 aromatic carbocycles. The van der Waals surface area contributed by atoms with Gasteiger partial charge in [0.2, 0.25) is 0 Å². The maximum absolute atomic E-state index is 13.5. The number of morpholine rings is 1. The first-order chi connectivity index (χ1) is 16.1. The number of rotatable bonds is 8. The average Bonchev–Trinajstić information content (AvgIpc) is 2.84. The second-order valence-electron chi connectivity index (χ2n) is 8.20. The van der Waals surface area contributed by atoms with E-state index in [1.807, 2.05) is 72.5 Å². The highest BCUT2D eigenvalue weighted by atomic mass is 35.5. The zero-order chi connectivity index (χ0) is 23.0. The number of nitrogens with zero attached hydrogens (tertiary/aromatic N) is 2. The van der Waals surface area contributed by atoms with E-state index in [1.54, 1.807) is 12.1 Å². The summed E-state index contributed by atoms with van der Waals surface area (Å²) in [5.74, 6) is 1.49. The van der Waals surface area contributed by atoms with Crippen molar-refractivity contribution < 1.29 is 14.3 Å². The second kappa shape index (κ2) is 11.3. The third-order valence-electron chi connectivity index (χ3n) is 5.77. The Bertz CT molecular complexity index is 1060. The van der Waals surface area contributed by atoms with Gasteiger partial charge in [-0.05, 0) is 60.5 Å². The van der Waals surface area contributed by atoms with Crippen LogP contribution >= 0.6 is 11.6 Å². The molecule has 1 saturated heterocycles. The third kappa shape index (κ3) is 6.57. The van der Waals surface area contributed by atoms with E-state index in [4.69, 9.17) is 21.1 Å². The molecule has 6 heteroatoms. The van der Waals surface area contributed by atoms with Gasteiger partial charge in [0.25, 0.3) is 5.91 Å². The fourth-order valence-electron chi connectivity index (χ4n) is 3.89. The maximum Gasteiger partial charge on any atom is 0.254 e. The smallest absolute Gasteiger partial charge is 0.254 e. The summed E-state index contributed by atoms with van der Waals surface area (Å²) in [5, 5.41) is 0.668. The lowest BCUT2D eigenvalue weighted by atomic mass is 10.1. The fraction of sp³-hybridized carbons (Fsp3) is 0.296. The van der Waals surface area contributed by atoms with Gasteiger partial charge in [-0.2, -0.15) is 0 Å². The van der Waals surface area contributed by atoms with Crippen molar-refractivity contribution in [2.24, 2.45) is 0 Å². The Morgan fingerprint density at radius 3 is 2.52 bits per heavy atom. The Hall–Kier alpha value is -2.86. The topological polar surface area (TPSA) is 42.0 Å². The number of carbonyl (C=O) groups is 1. The van der Waals surface area contributed by atoms with Crippen molar-refractivity contribution in [2.75, 3.05) is 39.4 Å². The van der Waals surface area contributed by atoms with Crippen LogP contribution in [0.15, 0.2) is 72.8 Å². The van der Waals surface area contributed by atoms with Crippen LogP contribution in [-0.4, -0.2) is 55.1 Å². The van der Waals surface area contributed by atoms with Gasteiger partial charge in [-0.25, -0.2) is 0 Å². The zero-order valence-corrected chi connectivity index (χ0v) is 19.6. The predicted molar refractivity (Wildman–Crippen MR) is 131 cm³/mol. The lowest BCUT2D eigenvalue weighted by Gasteiger charge is -2.30. The summed E-state index contributed by atoms with van der Waals surface area (Å²) in [7, 11) is 0. The largest absolute Gasteiger partial charge is 0.457 e. The standard InChI is InChI=1S/C27H29ClN2O3/c1-21-5-2-3-8-26(21)27(31)30(14-13-29-15-17-32-18-16-29)20-22-6-4-7-25(19-22)33-24-11-9-23(28)10-12-24/h2-12,19H,13-18,20H2,1H3. The van der Waals surface area contributed by atoms with Gasteiger partial charge in [-0.15, -0.1) is 0 Å². The van der Waals surface area contributed by atoms with Gasteiger partial charge in [-0.1, -0.05) is 41.9 Å². The Kier molecular flexibility index (Phi) is 8.00. The monoisotopic (exact) mass is 464 g/mol. The second-order valence-corrected chi connectivity index (χ2v) is 8.64. The lowest BCUT2D eigenvalue weighted by Crippen LogP contribution is -2.43. The van der Waals surface area contributed by atoms with Crippen molar-refractivity contribution in [3.05, 3.63) is 94.5 Å². The van der Waals surface area contributed by atoms with Crippen molar-refractivity contribution >= 4 is 17.5 Å². The Morgan fingerprint density at radius 2 is 1.76 bits per heavy atom. The summed E-state index contributed by atoms with van der Waals surface area (Å²) >= 11 is 5.97. The van der Waals surface area contributed by atoms with Crippen molar-refractivity contribution in [3.8, 4) is 11.5 Å². The highest BCUT2D eigenvalue weighted by molar-refractivity contribution is 6.30. The first kappa shape index (κ1) is 23.3. The molecule has 1 amide bonds.